The molecule has 18 heavy (non-hydrogen) atoms. The molecule has 0 bridgehead atoms. The average molecular weight is 264 g/mol. The first-order valence-electron chi connectivity index (χ1n) is 5.66. The largest absolute Gasteiger partial charge is 0.444 e. The van der Waals surface area contributed by atoms with Crippen molar-refractivity contribution in [3.8, 4) is 0 Å². The van der Waals surface area contributed by atoms with Gasteiger partial charge in [0.05, 0.1) is 13.1 Å². The second-order valence-electron chi connectivity index (χ2n) is 5.42. The van der Waals surface area contributed by atoms with E-state index in [2.05, 4.69) is 5.32 Å². The van der Waals surface area contributed by atoms with Crippen LogP contribution < -0.4 is 5.32 Å². The zero-order valence-corrected chi connectivity index (χ0v) is 10.9. The highest BCUT2D eigenvalue weighted by Crippen LogP contribution is 2.26. The molecule has 1 fully saturated rings. The van der Waals surface area contributed by atoms with Crippen molar-refractivity contribution < 1.29 is 23.1 Å². The molecule has 0 saturated carbocycles. The van der Waals surface area contributed by atoms with Gasteiger partial charge >= 0.3 is 6.09 Å². The minimum atomic E-state index is -2.80. The summed E-state index contributed by atoms with van der Waals surface area (Å²) in [5, 5.41) is 2.32. The van der Waals surface area contributed by atoms with Crippen molar-refractivity contribution in [1.29, 1.82) is 0 Å². The van der Waals surface area contributed by atoms with Crippen LogP contribution in [0.4, 0.5) is 13.6 Å². The number of nitrogens with zero attached hydrogens (tertiary/aromatic N) is 1. The maximum absolute atomic E-state index is 12.6. The molecule has 7 heteroatoms. The predicted octanol–water partition coefficient (Wildman–Crippen LogP) is 1.38. The fourth-order valence-electron chi connectivity index (χ4n) is 1.49. The summed E-state index contributed by atoms with van der Waals surface area (Å²) in [4.78, 5) is 24.0. The summed E-state index contributed by atoms with van der Waals surface area (Å²) in [6.45, 7) is 5.32. The lowest BCUT2D eigenvalue weighted by Gasteiger charge is -2.40. The van der Waals surface area contributed by atoms with Crippen molar-refractivity contribution in [3.63, 3.8) is 0 Å². The number of rotatable bonds is 2. The van der Waals surface area contributed by atoms with Gasteiger partial charge in [0.2, 0.25) is 5.91 Å². The molecule has 1 atom stereocenters. The molecule has 1 heterocycles. The predicted molar refractivity (Wildman–Crippen MR) is 60.4 cm³/mol. The van der Waals surface area contributed by atoms with Crippen LogP contribution in [0.5, 0.6) is 0 Å². The normalized spacial score (nSPS) is 19.8. The Morgan fingerprint density at radius 3 is 2.22 bits per heavy atom. The van der Waals surface area contributed by atoms with Crippen molar-refractivity contribution in [1.82, 2.24) is 10.2 Å². The minimum Gasteiger partial charge on any atom is -0.444 e. The fraction of sp³-hybridized carbons (Fsp3) is 0.818. The van der Waals surface area contributed by atoms with E-state index in [1.165, 1.54) is 6.92 Å². The maximum atomic E-state index is 12.6. The number of likely N-dealkylation sites (tertiary alicyclic amines) is 1. The van der Waals surface area contributed by atoms with Crippen molar-refractivity contribution in [2.75, 3.05) is 13.1 Å². The number of alkyl carbamates (subject to hydrolysis) is 1. The number of hydrogen-bond acceptors (Lipinski definition) is 3. The molecule has 1 aliphatic rings. The van der Waals surface area contributed by atoms with E-state index in [9.17, 15) is 18.4 Å². The molecule has 5 nitrogen and oxygen atoms in total. The lowest BCUT2D eigenvalue weighted by molar-refractivity contribution is -0.167. The summed E-state index contributed by atoms with van der Waals surface area (Å²) < 4.78 is 30.1. The molecule has 0 aliphatic carbocycles. The van der Waals surface area contributed by atoms with Crippen LogP contribution >= 0.6 is 0 Å². The Hall–Kier alpha value is -1.40. The molecule has 0 aromatic rings. The minimum absolute atomic E-state index is 0.535. The van der Waals surface area contributed by atoms with Crippen LogP contribution in [0.2, 0.25) is 0 Å². The van der Waals surface area contributed by atoms with Crippen LogP contribution in [-0.4, -0.2) is 47.6 Å². The van der Waals surface area contributed by atoms with E-state index < -0.39 is 42.7 Å². The summed E-state index contributed by atoms with van der Waals surface area (Å²) in [5.41, 5.74) is -0.670. The van der Waals surface area contributed by atoms with Gasteiger partial charge in [0.15, 0.2) is 0 Å². The second-order valence-corrected chi connectivity index (χ2v) is 5.42. The van der Waals surface area contributed by atoms with Gasteiger partial charge in [0.1, 0.15) is 11.6 Å². The van der Waals surface area contributed by atoms with E-state index in [1.807, 2.05) is 0 Å². The molecular formula is C11H18F2N2O3. The smallest absolute Gasteiger partial charge is 0.408 e. The highest BCUT2D eigenvalue weighted by molar-refractivity contribution is 5.86. The molecule has 104 valence electrons. The quantitative estimate of drug-likeness (QED) is 0.819. The molecule has 1 N–H and O–H groups in total. The highest BCUT2D eigenvalue weighted by Gasteiger charge is 2.47. The Morgan fingerprint density at radius 1 is 1.33 bits per heavy atom. The lowest BCUT2D eigenvalue weighted by Crippen LogP contribution is -2.62. The summed E-state index contributed by atoms with van der Waals surface area (Å²) in [7, 11) is 0. The molecule has 1 aliphatic heterocycles. The molecule has 0 radical (unpaired) electrons. The van der Waals surface area contributed by atoms with E-state index in [0.29, 0.717) is 0 Å². The van der Waals surface area contributed by atoms with Crippen molar-refractivity contribution in [2.45, 2.75) is 45.3 Å². The standard InChI is InChI=1S/C11H18F2N2O3/c1-7(14-9(17)18-10(2,3)4)8(16)15-5-11(12,13)6-15/h7H,5-6H2,1-4H3,(H,14,17)/t7-/m1/s1. The SMILES string of the molecule is C[C@@H](NC(=O)OC(C)(C)C)C(=O)N1CC(F)(F)C1. The topological polar surface area (TPSA) is 58.6 Å². The van der Waals surface area contributed by atoms with Crippen molar-refractivity contribution in [2.24, 2.45) is 0 Å². The zero-order valence-electron chi connectivity index (χ0n) is 10.9. The van der Waals surface area contributed by atoms with Crippen molar-refractivity contribution in [3.05, 3.63) is 0 Å². The third-order valence-electron chi connectivity index (χ3n) is 2.26. The molecule has 1 saturated heterocycles. The highest BCUT2D eigenvalue weighted by atomic mass is 19.3. The molecule has 0 aromatic heterocycles. The van der Waals surface area contributed by atoms with Crippen LogP contribution in [0.1, 0.15) is 27.7 Å². The second kappa shape index (κ2) is 4.70. The third kappa shape index (κ3) is 4.12. The Balaban J connectivity index is 2.39. The maximum Gasteiger partial charge on any atom is 0.408 e. The number of amides is 2. The first-order chi connectivity index (χ1) is 8.00. The van der Waals surface area contributed by atoms with Gasteiger partial charge in [-0.2, -0.15) is 0 Å². The van der Waals surface area contributed by atoms with Crippen LogP contribution in [0.15, 0.2) is 0 Å². The summed E-state index contributed by atoms with van der Waals surface area (Å²) in [6, 6.07) is -0.879. The van der Waals surface area contributed by atoms with Crippen LogP contribution in [0.3, 0.4) is 0 Å². The summed E-state index contributed by atoms with van der Waals surface area (Å²) in [6.07, 6.45) is -0.740. The molecule has 0 spiro atoms. The number of hydrogen-bond donors (Lipinski definition) is 1. The van der Waals surface area contributed by atoms with E-state index >= 15 is 0 Å². The molecule has 0 aromatic carbocycles. The summed E-state index contributed by atoms with van der Waals surface area (Å²) >= 11 is 0. The zero-order chi connectivity index (χ0) is 14.1. The van der Waals surface area contributed by atoms with Gasteiger partial charge in [-0.15, -0.1) is 0 Å². The van der Waals surface area contributed by atoms with Gasteiger partial charge in [-0.3, -0.25) is 4.79 Å². The number of ether oxygens (including phenoxy) is 1. The van der Waals surface area contributed by atoms with Crippen molar-refractivity contribution >= 4 is 12.0 Å². The van der Waals surface area contributed by atoms with E-state index in [4.69, 9.17) is 4.74 Å². The van der Waals surface area contributed by atoms with Crippen LogP contribution in [-0.2, 0) is 9.53 Å². The van der Waals surface area contributed by atoms with Gasteiger partial charge in [0, 0.05) is 0 Å². The molecule has 1 rings (SSSR count). The fourth-order valence-corrected chi connectivity index (χ4v) is 1.49. The van der Waals surface area contributed by atoms with E-state index in [0.717, 1.165) is 4.90 Å². The molecular weight excluding hydrogens is 246 g/mol. The Kier molecular flexibility index (Phi) is 3.83. The third-order valence-corrected chi connectivity index (χ3v) is 2.26. The van der Waals surface area contributed by atoms with Gasteiger partial charge in [-0.25, -0.2) is 13.6 Å². The summed E-state index contributed by atoms with van der Waals surface area (Å²) in [5.74, 6) is -3.34. The Labute approximate surface area is 104 Å². The molecule has 0 unspecified atom stereocenters. The number of carbonyl (C=O) groups excluding carboxylic acids is 2. The Bertz CT molecular complexity index is 345. The van der Waals surface area contributed by atoms with Gasteiger partial charge in [-0.05, 0) is 27.7 Å². The first kappa shape index (κ1) is 14.7. The number of nitrogens with one attached hydrogen (secondary N) is 1. The van der Waals surface area contributed by atoms with Gasteiger partial charge in [0.25, 0.3) is 5.92 Å². The van der Waals surface area contributed by atoms with E-state index in [-0.39, 0.29) is 0 Å². The van der Waals surface area contributed by atoms with Crippen LogP contribution in [0, 0.1) is 0 Å². The Morgan fingerprint density at radius 2 is 1.83 bits per heavy atom. The number of halogens is 2. The number of alkyl halides is 2. The lowest BCUT2D eigenvalue weighted by atomic mass is 10.1. The first-order valence-corrected chi connectivity index (χ1v) is 5.66. The number of carbonyl (C=O) groups is 2. The molecule has 2 amide bonds. The average Bonchev–Trinajstić information content (AvgIpc) is 2.09. The monoisotopic (exact) mass is 264 g/mol. The van der Waals surface area contributed by atoms with Crippen LogP contribution in [0.25, 0.3) is 0 Å². The van der Waals surface area contributed by atoms with E-state index in [1.54, 1.807) is 20.8 Å². The van der Waals surface area contributed by atoms with Gasteiger partial charge < -0.3 is 15.0 Å². The van der Waals surface area contributed by atoms with Gasteiger partial charge in [-0.1, -0.05) is 0 Å².